The molecule has 0 aliphatic carbocycles. The second-order valence-corrected chi connectivity index (χ2v) is 6.24. The number of rotatable bonds is 5. The summed E-state index contributed by atoms with van der Waals surface area (Å²) in [5.74, 6) is 0.779. The number of nitrogens with zero attached hydrogens (tertiary/aromatic N) is 2. The minimum absolute atomic E-state index is 0.0460. The van der Waals surface area contributed by atoms with Crippen molar-refractivity contribution in [1.82, 2.24) is 9.80 Å². The molecule has 0 aromatic heterocycles. The Kier molecular flexibility index (Phi) is 5.76. The van der Waals surface area contributed by atoms with Gasteiger partial charge >= 0.3 is 0 Å². The average molecular weight is 289 g/mol. The zero-order valence-corrected chi connectivity index (χ0v) is 13.2. The van der Waals surface area contributed by atoms with Crippen molar-refractivity contribution in [1.29, 1.82) is 0 Å². The number of carbonyl (C=O) groups is 1. The molecule has 1 heterocycles. The smallest absolute Gasteiger partial charge is 0.244 e. The van der Waals surface area contributed by atoms with E-state index < -0.39 is 6.04 Å². The van der Waals surface area contributed by atoms with Crippen molar-refractivity contribution in [3.63, 3.8) is 0 Å². The van der Waals surface area contributed by atoms with Crippen LogP contribution in [0.3, 0.4) is 0 Å². The second-order valence-electron chi connectivity index (χ2n) is 6.24. The third-order valence-corrected chi connectivity index (χ3v) is 4.13. The third-order valence-electron chi connectivity index (χ3n) is 4.13. The van der Waals surface area contributed by atoms with Gasteiger partial charge in [0, 0.05) is 26.2 Å². The topological polar surface area (TPSA) is 49.6 Å². The zero-order chi connectivity index (χ0) is 15.2. The first-order valence-electron chi connectivity index (χ1n) is 7.89. The summed E-state index contributed by atoms with van der Waals surface area (Å²) in [7, 11) is 0. The quantitative estimate of drug-likeness (QED) is 0.900. The summed E-state index contributed by atoms with van der Waals surface area (Å²) in [6.07, 6.45) is 1.22. The number of hydrogen-bond acceptors (Lipinski definition) is 3. The molecule has 0 spiro atoms. The van der Waals surface area contributed by atoms with Crippen molar-refractivity contribution in [3.05, 3.63) is 35.9 Å². The van der Waals surface area contributed by atoms with Crippen LogP contribution in [0.5, 0.6) is 0 Å². The molecule has 1 aromatic carbocycles. The van der Waals surface area contributed by atoms with Crippen molar-refractivity contribution in [3.8, 4) is 0 Å². The molecule has 1 atom stereocenters. The van der Waals surface area contributed by atoms with Gasteiger partial charge in [-0.15, -0.1) is 0 Å². The van der Waals surface area contributed by atoms with Crippen LogP contribution in [0.2, 0.25) is 0 Å². The molecule has 1 fully saturated rings. The number of piperazine rings is 1. The highest BCUT2D eigenvalue weighted by molar-refractivity contribution is 5.83. The Morgan fingerprint density at radius 1 is 1.14 bits per heavy atom. The fraction of sp³-hybridized carbons (Fsp3) is 0.588. The molecule has 1 aliphatic rings. The normalized spacial score (nSPS) is 18.0. The van der Waals surface area contributed by atoms with Gasteiger partial charge in [0.05, 0.1) is 0 Å². The van der Waals surface area contributed by atoms with Gasteiger partial charge in [0.25, 0.3) is 0 Å². The minimum atomic E-state index is -0.534. The molecule has 0 radical (unpaired) electrons. The molecule has 4 heteroatoms. The Morgan fingerprint density at radius 2 is 1.76 bits per heavy atom. The first kappa shape index (κ1) is 16.0. The lowest BCUT2D eigenvalue weighted by Gasteiger charge is -2.36. The molecular formula is C17H27N3O. The highest BCUT2D eigenvalue weighted by Crippen LogP contribution is 2.15. The largest absolute Gasteiger partial charge is 0.338 e. The van der Waals surface area contributed by atoms with Crippen LogP contribution in [-0.4, -0.2) is 48.4 Å². The van der Waals surface area contributed by atoms with Gasteiger partial charge < -0.3 is 10.6 Å². The Morgan fingerprint density at radius 3 is 2.33 bits per heavy atom. The van der Waals surface area contributed by atoms with Gasteiger partial charge in [-0.1, -0.05) is 44.2 Å². The van der Waals surface area contributed by atoms with E-state index in [4.69, 9.17) is 5.73 Å². The summed E-state index contributed by atoms with van der Waals surface area (Å²) in [5, 5.41) is 0. The number of nitrogens with two attached hydrogens (primary N) is 1. The number of benzene rings is 1. The van der Waals surface area contributed by atoms with E-state index in [1.807, 2.05) is 35.2 Å². The predicted molar refractivity (Wildman–Crippen MR) is 85.8 cm³/mol. The molecule has 4 nitrogen and oxygen atoms in total. The molecule has 0 unspecified atom stereocenters. The SMILES string of the molecule is CC(C)CCN1CCN(C(=O)[C@@H](N)c2ccccc2)CC1. The van der Waals surface area contributed by atoms with Crippen LogP contribution in [0.4, 0.5) is 0 Å². The zero-order valence-electron chi connectivity index (χ0n) is 13.2. The van der Waals surface area contributed by atoms with E-state index in [2.05, 4.69) is 18.7 Å². The third kappa shape index (κ3) is 4.55. The number of carbonyl (C=O) groups excluding carboxylic acids is 1. The van der Waals surface area contributed by atoms with E-state index in [1.165, 1.54) is 6.42 Å². The first-order valence-corrected chi connectivity index (χ1v) is 7.89. The fourth-order valence-corrected chi connectivity index (χ4v) is 2.63. The fourth-order valence-electron chi connectivity index (χ4n) is 2.63. The van der Waals surface area contributed by atoms with Gasteiger partial charge in [0.15, 0.2) is 0 Å². The molecular weight excluding hydrogens is 262 g/mol. The van der Waals surface area contributed by atoms with Crippen LogP contribution in [-0.2, 0) is 4.79 Å². The summed E-state index contributed by atoms with van der Waals surface area (Å²) >= 11 is 0. The maximum absolute atomic E-state index is 12.5. The van der Waals surface area contributed by atoms with Crippen LogP contribution in [0, 0.1) is 5.92 Å². The lowest BCUT2D eigenvalue weighted by Crippen LogP contribution is -2.51. The Bertz CT molecular complexity index is 439. The summed E-state index contributed by atoms with van der Waals surface area (Å²) in [6.45, 7) is 9.12. The Labute approximate surface area is 127 Å². The molecule has 2 rings (SSSR count). The number of amides is 1. The first-order chi connectivity index (χ1) is 10.1. The van der Waals surface area contributed by atoms with E-state index in [9.17, 15) is 4.79 Å². The van der Waals surface area contributed by atoms with Gasteiger partial charge in [-0.2, -0.15) is 0 Å². The van der Waals surface area contributed by atoms with Gasteiger partial charge in [0.1, 0.15) is 6.04 Å². The van der Waals surface area contributed by atoms with Crippen molar-refractivity contribution < 1.29 is 4.79 Å². The van der Waals surface area contributed by atoms with E-state index in [-0.39, 0.29) is 5.91 Å². The summed E-state index contributed by atoms with van der Waals surface area (Å²) in [4.78, 5) is 16.8. The van der Waals surface area contributed by atoms with E-state index in [1.54, 1.807) is 0 Å². The molecule has 1 aromatic rings. The van der Waals surface area contributed by atoms with Gasteiger partial charge in [-0.25, -0.2) is 0 Å². The summed E-state index contributed by atoms with van der Waals surface area (Å²) in [6, 6.07) is 9.09. The van der Waals surface area contributed by atoms with Crippen LogP contribution in [0.15, 0.2) is 30.3 Å². The maximum Gasteiger partial charge on any atom is 0.244 e. The van der Waals surface area contributed by atoms with Crippen molar-refractivity contribution in [2.24, 2.45) is 11.7 Å². The molecule has 2 N–H and O–H groups in total. The molecule has 21 heavy (non-hydrogen) atoms. The molecule has 1 aliphatic heterocycles. The van der Waals surface area contributed by atoms with Gasteiger partial charge in [0.2, 0.25) is 5.91 Å². The molecule has 0 bridgehead atoms. The molecule has 1 saturated heterocycles. The van der Waals surface area contributed by atoms with Gasteiger partial charge in [-0.05, 0) is 24.4 Å². The van der Waals surface area contributed by atoms with Gasteiger partial charge in [-0.3, -0.25) is 9.69 Å². The minimum Gasteiger partial charge on any atom is -0.338 e. The van der Waals surface area contributed by atoms with E-state index in [0.29, 0.717) is 0 Å². The highest BCUT2D eigenvalue weighted by atomic mass is 16.2. The summed E-state index contributed by atoms with van der Waals surface area (Å²) < 4.78 is 0. The maximum atomic E-state index is 12.5. The van der Waals surface area contributed by atoms with Crippen LogP contribution >= 0.6 is 0 Å². The molecule has 0 saturated carbocycles. The van der Waals surface area contributed by atoms with Crippen molar-refractivity contribution in [2.45, 2.75) is 26.3 Å². The lowest BCUT2D eigenvalue weighted by molar-refractivity contribution is -0.134. The molecule has 1 amide bonds. The summed E-state index contributed by atoms with van der Waals surface area (Å²) in [5.41, 5.74) is 6.99. The number of hydrogen-bond donors (Lipinski definition) is 1. The van der Waals surface area contributed by atoms with E-state index in [0.717, 1.165) is 44.2 Å². The van der Waals surface area contributed by atoms with E-state index >= 15 is 0 Å². The van der Waals surface area contributed by atoms with Crippen LogP contribution in [0.25, 0.3) is 0 Å². The van der Waals surface area contributed by atoms with Crippen molar-refractivity contribution >= 4 is 5.91 Å². The highest BCUT2D eigenvalue weighted by Gasteiger charge is 2.25. The van der Waals surface area contributed by atoms with Crippen LogP contribution in [0.1, 0.15) is 31.9 Å². The lowest BCUT2D eigenvalue weighted by atomic mass is 10.1. The Hall–Kier alpha value is -1.39. The standard InChI is InChI=1S/C17H27N3O/c1-14(2)8-9-19-10-12-20(13-11-19)17(21)16(18)15-6-4-3-5-7-15/h3-7,14,16H,8-13,18H2,1-2H3/t16-/m0/s1. The monoisotopic (exact) mass is 289 g/mol. The molecule has 116 valence electrons. The predicted octanol–water partition coefficient (Wildman–Crippen LogP) is 1.88. The van der Waals surface area contributed by atoms with Crippen molar-refractivity contribution in [2.75, 3.05) is 32.7 Å². The second kappa shape index (κ2) is 7.57. The Balaban J connectivity index is 1.83. The van der Waals surface area contributed by atoms with Crippen LogP contribution < -0.4 is 5.73 Å². The average Bonchev–Trinajstić information content (AvgIpc) is 2.53.